The van der Waals surface area contributed by atoms with E-state index in [-0.39, 0.29) is 26.5 Å². The molecule has 6 nitrogen and oxygen atoms in total. The number of ether oxygens (including phenoxy) is 1. The van der Waals surface area contributed by atoms with Crippen molar-refractivity contribution in [3.8, 4) is 23.4 Å². The first kappa shape index (κ1) is 30.4. The first-order valence-electron chi connectivity index (χ1n) is 14.7. The van der Waals surface area contributed by atoms with Crippen LogP contribution in [-0.2, 0) is 26.5 Å². The molecule has 0 unspecified atom stereocenters. The summed E-state index contributed by atoms with van der Waals surface area (Å²) in [5.41, 5.74) is 8.88. The topological polar surface area (TPSA) is 57.3 Å². The Balaban J connectivity index is 0.00000357. The summed E-state index contributed by atoms with van der Waals surface area (Å²) in [5.74, 6) is 1.80. The Morgan fingerprint density at radius 2 is 1.62 bits per heavy atom. The van der Waals surface area contributed by atoms with Gasteiger partial charge in [0.2, 0.25) is 0 Å². The molecule has 1 aliphatic heterocycles. The molecular weight excluding hydrogens is 738 g/mol. The fourth-order valence-corrected chi connectivity index (χ4v) is 5.83. The third-order valence-corrected chi connectivity index (χ3v) is 8.36. The summed E-state index contributed by atoms with van der Waals surface area (Å²) >= 11 is 0. The van der Waals surface area contributed by atoms with Crippen molar-refractivity contribution in [3.05, 3.63) is 120 Å². The van der Waals surface area contributed by atoms with E-state index in [2.05, 4.69) is 105 Å². The number of benzene rings is 4. The first-order chi connectivity index (χ1) is 21.1. The Hall–Kier alpha value is -4.59. The van der Waals surface area contributed by atoms with Gasteiger partial charge in [-0.15, -0.1) is 35.7 Å². The van der Waals surface area contributed by atoms with Gasteiger partial charge >= 0.3 is 0 Å². The minimum absolute atomic E-state index is 0. The standard InChI is InChI=1S/C38H32N5O.Pt/c1-24-15-35-36(16-25(24)2)42(23-41(35)6)28-17-26(22-39)18-30(20-28)44-29-11-12-32-31-9-7-8-10-33(31)43(34(32)21-29)37-19-27(13-14-40-37)38(3,4)5;/h7-19,23H,1-6H3;/q-3;. The van der Waals surface area contributed by atoms with Crippen LogP contribution in [0.4, 0.5) is 17.1 Å². The number of hydrogen-bond acceptors (Lipinski definition) is 5. The van der Waals surface area contributed by atoms with Crippen LogP contribution < -0.4 is 14.5 Å². The van der Waals surface area contributed by atoms with Crippen LogP contribution in [0.15, 0.2) is 79.0 Å². The summed E-state index contributed by atoms with van der Waals surface area (Å²) in [6.07, 6.45) is 1.87. The van der Waals surface area contributed by atoms with Gasteiger partial charge in [0.25, 0.3) is 0 Å². The van der Waals surface area contributed by atoms with Crippen LogP contribution in [0.5, 0.6) is 11.5 Å². The van der Waals surface area contributed by atoms with Crippen molar-refractivity contribution >= 4 is 38.9 Å². The molecule has 7 rings (SSSR count). The van der Waals surface area contributed by atoms with Gasteiger partial charge in [-0.05, 0) is 78.7 Å². The average molecular weight is 770 g/mol. The summed E-state index contributed by atoms with van der Waals surface area (Å²) in [5, 5.41) is 12.1. The molecule has 6 aromatic rings. The molecule has 0 N–H and O–H groups in total. The van der Waals surface area contributed by atoms with E-state index in [0.29, 0.717) is 17.1 Å². The second kappa shape index (κ2) is 11.4. The van der Waals surface area contributed by atoms with Crippen LogP contribution in [0.25, 0.3) is 27.6 Å². The molecule has 0 radical (unpaired) electrons. The zero-order valence-corrected chi connectivity index (χ0v) is 28.3. The molecule has 2 aromatic heterocycles. The Morgan fingerprint density at radius 3 is 2.38 bits per heavy atom. The van der Waals surface area contributed by atoms with E-state index in [1.54, 1.807) is 6.07 Å². The van der Waals surface area contributed by atoms with E-state index in [4.69, 9.17) is 9.72 Å². The van der Waals surface area contributed by atoms with Gasteiger partial charge < -0.3 is 19.1 Å². The summed E-state index contributed by atoms with van der Waals surface area (Å²) in [4.78, 5) is 8.90. The van der Waals surface area contributed by atoms with Gasteiger partial charge in [0, 0.05) is 55.7 Å². The van der Waals surface area contributed by atoms with Crippen LogP contribution in [0.3, 0.4) is 0 Å². The third-order valence-electron chi connectivity index (χ3n) is 8.36. The van der Waals surface area contributed by atoms with E-state index in [9.17, 15) is 5.26 Å². The van der Waals surface area contributed by atoms with Gasteiger partial charge in [-0.2, -0.15) is 18.0 Å². The molecule has 0 saturated heterocycles. The van der Waals surface area contributed by atoms with Crippen molar-refractivity contribution in [1.82, 2.24) is 9.55 Å². The van der Waals surface area contributed by atoms with Gasteiger partial charge in [-0.25, -0.2) is 4.98 Å². The monoisotopic (exact) mass is 769 g/mol. The van der Waals surface area contributed by atoms with Crippen molar-refractivity contribution in [2.24, 2.45) is 0 Å². The maximum absolute atomic E-state index is 9.91. The number of para-hydroxylation sites is 1. The second-order valence-electron chi connectivity index (χ2n) is 12.4. The molecule has 0 amide bonds. The summed E-state index contributed by atoms with van der Waals surface area (Å²) in [6.45, 7) is 12.8. The van der Waals surface area contributed by atoms with Crippen molar-refractivity contribution in [2.75, 3.05) is 16.8 Å². The molecule has 4 aromatic carbocycles. The smallest absolute Gasteiger partial charge is 0.135 e. The predicted molar refractivity (Wildman–Crippen MR) is 177 cm³/mol. The molecule has 0 aliphatic carbocycles. The predicted octanol–water partition coefficient (Wildman–Crippen LogP) is 9.06. The largest absolute Gasteiger partial charge is 0.509 e. The van der Waals surface area contributed by atoms with E-state index in [1.165, 1.54) is 16.7 Å². The number of aromatic nitrogens is 2. The van der Waals surface area contributed by atoms with Crippen LogP contribution in [0.1, 0.15) is 43.0 Å². The summed E-state index contributed by atoms with van der Waals surface area (Å²) < 4.78 is 8.54. The number of nitrogens with zero attached hydrogens (tertiary/aromatic N) is 5. The molecule has 1 aliphatic rings. The van der Waals surface area contributed by atoms with Crippen molar-refractivity contribution in [2.45, 2.75) is 40.0 Å². The molecule has 228 valence electrons. The Kier molecular flexibility index (Phi) is 7.71. The number of rotatable bonds is 4. The third kappa shape index (κ3) is 5.36. The van der Waals surface area contributed by atoms with Crippen molar-refractivity contribution < 1.29 is 25.8 Å². The quantitative estimate of drug-likeness (QED) is 0.168. The second-order valence-corrected chi connectivity index (χ2v) is 12.4. The van der Waals surface area contributed by atoms with Gasteiger partial charge in [0.15, 0.2) is 0 Å². The van der Waals surface area contributed by atoms with Crippen molar-refractivity contribution in [1.29, 1.82) is 5.26 Å². The van der Waals surface area contributed by atoms with Crippen LogP contribution in [0.2, 0.25) is 0 Å². The van der Waals surface area contributed by atoms with Crippen LogP contribution >= 0.6 is 0 Å². The van der Waals surface area contributed by atoms with Crippen molar-refractivity contribution in [3.63, 3.8) is 0 Å². The van der Waals surface area contributed by atoms with Gasteiger partial charge in [-0.1, -0.05) is 55.7 Å². The molecule has 0 saturated carbocycles. The summed E-state index contributed by atoms with van der Waals surface area (Å²) in [7, 11) is 2.02. The zero-order valence-electron chi connectivity index (χ0n) is 26.0. The van der Waals surface area contributed by atoms with E-state index in [0.717, 1.165) is 44.7 Å². The molecule has 0 fully saturated rings. The Bertz CT molecular complexity index is 2140. The zero-order chi connectivity index (χ0) is 30.7. The molecule has 0 bridgehead atoms. The Labute approximate surface area is 278 Å². The van der Waals surface area contributed by atoms with Crippen LogP contribution in [-0.4, -0.2) is 16.6 Å². The fourth-order valence-electron chi connectivity index (χ4n) is 5.83. The maximum atomic E-state index is 9.91. The number of aryl methyl sites for hydroxylation is 2. The SMILES string of the molecule is Cc1cc2c(cc1C)N(c1[c-]c(Oc3[c-]c4c(cc3)c3ccccc3n4-c3cc(C(C)(C)C)ccn3)cc(C#N)c1)[CH-]N2C.[Pt]. The minimum Gasteiger partial charge on any atom is -0.509 e. The van der Waals surface area contributed by atoms with Gasteiger partial charge in [0.05, 0.1) is 6.07 Å². The minimum atomic E-state index is -0.0205. The number of anilines is 3. The molecule has 3 heterocycles. The van der Waals surface area contributed by atoms with Crippen LogP contribution in [0, 0.1) is 44.0 Å². The fraction of sp³-hybridized carbons (Fsp3) is 0.184. The first-order valence-corrected chi connectivity index (χ1v) is 14.7. The number of pyridine rings is 1. The van der Waals surface area contributed by atoms with E-state index < -0.39 is 0 Å². The van der Waals surface area contributed by atoms with E-state index >= 15 is 0 Å². The number of nitriles is 1. The molecule has 0 atom stereocenters. The Morgan fingerprint density at radius 1 is 0.867 bits per heavy atom. The molecular formula is C38H32N5OPt-3. The molecule has 7 heteroatoms. The normalized spacial score (nSPS) is 12.7. The summed E-state index contributed by atoms with van der Waals surface area (Å²) in [6, 6.07) is 33.6. The van der Waals surface area contributed by atoms with Gasteiger partial charge in [0.1, 0.15) is 5.82 Å². The molecule has 0 spiro atoms. The van der Waals surface area contributed by atoms with Gasteiger partial charge in [-0.3, -0.25) is 0 Å². The average Bonchev–Trinajstić information content (AvgIpc) is 3.50. The maximum Gasteiger partial charge on any atom is 0.135 e. The molecule has 45 heavy (non-hydrogen) atoms. The number of hydrogen-bond donors (Lipinski definition) is 0. The van der Waals surface area contributed by atoms with E-state index in [1.807, 2.05) is 49.1 Å². The number of fused-ring (bicyclic) bond motifs is 4.